The van der Waals surface area contributed by atoms with Gasteiger partial charge in [0.05, 0.1) is 13.7 Å². The van der Waals surface area contributed by atoms with Gasteiger partial charge in [-0.2, -0.15) is 0 Å². The fourth-order valence-corrected chi connectivity index (χ4v) is 1.36. The van der Waals surface area contributed by atoms with E-state index in [2.05, 4.69) is 4.74 Å². The number of halogens is 2. The number of methoxy groups -OCH3 is 1. The molecule has 0 amide bonds. The quantitative estimate of drug-likeness (QED) is 0.504. The molecule has 0 aliphatic carbocycles. The first-order valence-electron chi connectivity index (χ1n) is 4.41. The number of hydrogen-bond acceptors (Lipinski definition) is 3. The van der Waals surface area contributed by atoms with Crippen molar-refractivity contribution in [3.05, 3.63) is 12.3 Å². The maximum atomic E-state index is 12.9. The summed E-state index contributed by atoms with van der Waals surface area (Å²) in [6.45, 7) is 0.240. The van der Waals surface area contributed by atoms with Crippen molar-refractivity contribution in [2.45, 2.75) is 18.8 Å². The molecule has 14 heavy (non-hydrogen) atoms. The van der Waals surface area contributed by atoms with E-state index in [-0.39, 0.29) is 13.0 Å². The number of ether oxygens (including phenoxy) is 1. The van der Waals surface area contributed by atoms with E-state index in [1.54, 1.807) is 0 Å². The van der Waals surface area contributed by atoms with Gasteiger partial charge in [-0.05, 0) is 6.42 Å². The van der Waals surface area contributed by atoms with Crippen LogP contribution in [0.1, 0.15) is 12.8 Å². The lowest BCUT2D eigenvalue weighted by molar-refractivity contribution is -0.135. The molecule has 80 valence electrons. The highest BCUT2D eigenvalue weighted by Crippen LogP contribution is 2.26. The molecule has 5 heteroatoms. The minimum atomic E-state index is -2.64. The number of carbonyl (C=O) groups is 1. The van der Waals surface area contributed by atoms with Gasteiger partial charge in [-0.1, -0.05) is 0 Å². The Bertz CT molecular complexity index is 241. The molecule has 1 fully saturated rings. The van der Waals surface area contributed by atoms with E-state index in [0.717, 1.165) is 6.08 Å². The van der Waals surface area contributed by atoms with E-state index in [1.165, 1.54) is 18.2 Å². The average molecular weight is 205 g/mol. The number of esters is 1. The third-order valence-corrected chi connectivity index (χ3v) is 2.04. The van der Waals surface area contributed by atoms with Crippen molar-refractivity contribution in [1.82, 2.24) is 4.90 Å². The van der Waals surface area contributed by atoms with Crippen LogP contribution in [0.4, 0.5) is 8.78 Å². The van der Waals surface area contributed by atoms with Crippen molar-refractivity contribution in [2.24, 2.45) is 0 Å². The molecule has 0 spiro atoms. The minimum absolute atomic E-state index is 0.0738. The summed E-state index contributed by atoms with van der Waals surface area (Å²) in [5, 5.41) is 0. The van der Waals surface area contributed by atoms with E-state index in [9.17, 15) is 13.6 Å². The van der Waals surface area contributed by atoms with Crippen LogP contribution in [0.25, 0.3) is 0 Å². The molecule has 0 aromatic rings. The number of alkyl halides is 2. The molecule has 3 nitrogen and oxygen atoms in total. The topological polar surface area (TPSA) is 29.5 Å². The fraction of sp³-hybridized carbons (Fsp3) is 0.667. The summed E-state index contributed by atoms with van der Waals surface area (Å²) in [5.74, 6) is -3.17. The highest BCUT2D eigenvalue weighted by molar-refractivity contribution is 5.81. The predicted molar refractivity (Wildman–Crippen MR) is 46.9 cm³/mol. The van der Waals surface area contributed by atoms with E-state index < -0.39 is 11.9 Å². The molecule has 0 aromatic carbocycles. The zero-order valence-corrected chi connectivity index (χ0v) is 8.00. The van der Waals surface area contributed by atoms with Crippen LogP contribution >= 0.6 is 0 Å². The summed E-state index contributed by atoms with van der Waals surface area (Å²) in [6.07, 6.45) is 2.88. The molecule has 1 aliphatic rings. The summed E-state index contributed by atoms with van der Waals surface area (Å²) < 4.78 is 30.1. The van der Waals surface area contributed by atoms with Gasteiger partial charge in [-0.25, -0.2) is 13.6 Å². The smallest absolute Gasteiger partial charge is 0.331 e. The average Bonchev–Trinajstić information content (AvgIpc) is 2.12. The minimum Gasteiger partial charge on any atom is -0.466 e. The van der Waals surface area contributed by atoms with Gasteiger partial charge < -0.3 is 9.64 Å². The zero-order valence-electron chi connectivity index (χ0n) is 8.00. The molecule has 0 saturated carbocycles. The van der Waals surface area contributed by atoms with E-state index >= 15 is 0 Å². The molecular weight excluding hydrogens is 192 g/mol. The Kier molecular flexibility index (Phi) is 3.43. The van der Waals surface area contributed by atoms with Crippen LogP contribution in [0, 0.1) is 0 Å². The van der Waals surface area contributed by atoms with Crippen LogP contribution in [-0.2, 0) is 9.53 Å². The third kappa shape index (κ3) is 3.32. The van der Waals surface area contributed by atoms with Gasteiger partial charge in [0.1, 0.15) is 0 Å². The van der Waals surface area contributed by atoms with Gasteiger partial charge in [0, 0.05) is 25.2 Å². The second-order valence-corrected chi connectivity index (χ2v) is 3.27. The molecule has 1 aliphatic heterocycles. The molecule has 0 unspecified atom stereocenters. The largest absolute Gasteiger partial charge is 0.466 e. The fourth-order valence-electron chi connectivity index (χ4n) is 1.36. The van der Waals surface area contributed by atoms with Crippen LogP contribution in [0.3, 0.4) is 0 Å². The maximum Gasteiger partial charge on any atom is 0.331 e. The first-order chi connectivity index (χ1) is 6.53. The van der Waals surface area contributed by atoms with Gasteiger partial charge >= 0.3 is 5.97 Å². The molecular formula is C9H13F2NO2. The van der Waals surface area contributed by atoms with Gasteiger partial charge in [-0.3, -0.25) is 0 Å². The first kappa shape index (κ1) is 10.9. The number of nitrogens with zero attached hydrogens (tertiary/aromatic N) is 1. The van der Waals surface area contributed by atoms with Crippen molar-refractivity contribution < 1.29 is 18.3 Å². The number of likely N-dealkylation sites (tertiary alicyclic amines) is 1. The zero-order chi connectivity index (χ0) is 10.6. The van der Waals surface area contributed by atoms with E-state index in [1.807, 2.05) is 0 Å². The number of carbonyl (C=O) groups excluding carboxylic acids is 1. The monoisotopic (exact) mass is 205 g/mol. The predicted octanol–water partition coefficient (Wildman–Crippen LogP) is 1.40. The van der Waals surface area contributed by atoms with Crippen LogP contribution in [0.5, 0.6) is 0 Å². The molecule has 0 radical (unpaired) electrons. The van der Waals surface area contributed by atoms with Gasteiger partial charge in [0.25, 0.3) is 5.92 Å². The second-order valence-electron chi connectivity index (χ2n) is 3.27. The highest BCUT2D eigenvalue weighted by atomic mass is 19.3. The maximum absolute atomic E-state index is 12.9. The number of rotatable bonds is 2. The molecule has 1 heterocycles. The lowest BCUT2D eigenvalue weighted by atomic mass is 10.1. The third-order valence-electron chi connectivity index (χ3n) is 2.04. The van der Waals surface area contributed by atoms with Crippen molar-refractivity contribution >= 4 is 5.97 Å². The standard InChI is InChI=1S/C9H13F2NO2/c1-14-8(13)3-6-12-5-2-4-9(10,11)7-12/h3,6H,2,4-5,7H2,1H3/b6-3+. The summed E-state index contributed by atoms with van der Waals surface area (Å²) >= 11 is 0. The number of hydrogen-bond donors (Lipinski definition) is 0. The normalized spacial score (nSPS) is 21.2. The Labute approximate surface area is 81.3 Å². The molecule has 1 rings (SSSR count). The Morgan fingerprint density at radius 1 is 1.57 bits per heavy atom. The van der Waals surface area contributed by atoms with Crippen molar-refractivity contribution in [1.29, 1.82) is 0 Å². The van der Waals surface area contributed by atoms with Crippen LogP contribution in [0.15, 0.2) is 12.3 Å². The first-order valence-corrected chi connectivity index (χ1v) is 4.41. The molecule has 0 N–H and O–H groups in total. The van der Waals surface area contributed by atoms with Gasteiger partial charge in [0.15, 0.2) is 0 Å². The van der Waals surface area contributed by atoms with Gasteiger partial charge in [0.2, 0.25) is 0 Å². The Morgan fingerprint density at radius 3 is 2.86 bits per heavy atom. The van der Waals surface area contributed by atoms with Crippen LogP contribution in [0.2, 0.25) is 0 Å². The Balaban J connectivity index is 2.45. The van der Waals surface area contributed by atoms with Gasteiger partial charge in [-0.15, -0.1) is 0 Å². The highest BCUT2D eigenvalue weighted by Gasteiger charge is 2.33. The summed E-state index contributed by atoms with van der Waals surface area (Å²) in [6, 6.07) is 0. The lowest BCUT2D eigenvalue weighted by Crippen LogP contribution is -2.39. The summed E-state index contributed by atoms with van der Waals surface area (Å²) in [4.78, 5) is 12.1. The number of piperidine rings is 1. The second kappa shape index (κ2) is 4.39. The summed E-state index contributed by atoms with van der Waals surface area (Å²) in [5.41, 5.74) is 0. The van der Waals surface area contributed by atoms with Crippen LogP contribution < -0.4 is 0 Å². The molecule has 1 saturated heterocycles. The van der Waals surface area contributed by atoms with E-state index in [4.69, 9.17) is 0 Å². The van der Waals surface area contributed by atoms with Crippen LogP contribution in [-0.4, -0.2) is 37.0 Å². The molecule has 0 aromatic heterocycles. The van der Waals surface area contributed by atoms with Crippen molar-refractivity contribution in [3.63, 3.8) is 0 Å². The molecule has 0 atom stereocenters. The van der Waals surface area contributed by atoms with Crippen molar-refractivity contribution in [2.75, 3.05) is 20.2 Å². The molecule has 0 bridgehead atoms. The van der Waals surface area contributed by atoms with Crippen molar-refractivity contribution in [3.8, 4) is 0 Å². The summed E-state index contributed by atoms with van der Waals surface area (Å²) in [7, 11) is 1.25. The van der Waals surface area contributed by atoms with E-state index in [0.29, 0.717) is 13.0 Å². The lowest BCUT2D eigenvalue weighted by Gasteiger charge is -2.31. The Hall–Kier alpha value is -1.13. The SMILES string of the molecule is COC(=O)/C=C/N1CCCC(F)(F)C1. The Morgan fingerprint density at radius 2 is 2.29 bits per heavy atom.